The number of fused-ring (bicyclic) bond motifs is 1. The molecule has 0 bridgehead atoms. The van der Waals surface area contributed by atoms with E-state index in [1.54, 1.807) is 12.1 Å². The highest BCUT2D eigenvalue weighted by atomic mass is 35.5. The third-order valence-corrected chi connectivity index (χ3v) is 5.98. The molecule has 0 fully saturated rings. The van der Waals surface area contributed by atoms with Crippen LogP contribution in [0.4, 0.5) is 0 Å². The number of thioether (sulfide) groups is 1. The fraction of sp³-hybridized carbons (Fsp3) is 0.286. The van der Waals surface area contributed by atoms with Gasteiger partial charge in [0.25, 0.3) is 5.22 Å². The van der Waals surface area contributed by atoms with Gasteiger partial charge >= 0.3 is 0 Å². The van der Waals surface area contributed by atoms with Gasteiger partial charge in [-0.05, 0) is 55.5 Å². The summed E-state index contributed by atoms with van der Waals surface area (Å²) in [7, 11) is 0. The van der Waals surface area contributed by atoms with Gasteiger partial charge in [-0.15, -0.1) is 10.2 Å². The maximum Gasteiger partial charge on any atom is 0.277 e. The minimum Gasteiger partial charge on any atom is -0.411 e. The van der Waals surface area contributed by atoms with Crippen LogP contribution in [0, 0.1) is 0 Å². The summed E-state index contributed by atoms with van der Waals surface area (Å²) in [5, 5.41) is 11.9. The van der Waals surface area contributed by atoms with Gasteiger partial charge in [0.1, 0.15) is 0 Å². The van der Waals surface area contributed by atoms with Gasteiger partial charge in [-0.25, -0.2) is 0 Å². The van der Waals surface area contributed by atoms with Crippen molar-refractivity contribution in [1.29, 1.82) is 0 Å². The van der Waals surface area contributed by atoms with Crippen LogP contribution in [0.5, 0.6) is 0 Å². The molecule has 0 saturated carbocycles. The Morgan fingerprint density at radius 2 is 2.11 bits per heavy atom. The number of carbonyl (C=O) groups excluding carboxylic acids is 1. The molecule has 7 heteroatoms. The van der Waals surface area contributed by atoms with Crippen molar-refractivity contribution in [1.82, 2.24) is 15.5 Å². The number of halogens is 1. The van der Waals surface area contributed by atoms with Crippen molar-refractivity contribution in [3.63, 3.8) is 0 Å². The fourth-order valence-corrected chi connectivity index (χ4v) is 4.28. The lowest BCUT2D eigenvalue weighted by Gasteiger charge is -2.27. The van der Waals surface area contributed by atoms with Crippen LogP contribution in [0.3, 0.4) is 0 Å². The molecule has 0 unspecified atom stereocenters. The summed E-state index contributed by atoms with van der Waals surface area (Å²) in [4.78, 5) is 12.7. The van der Waals surface area contributed by atoms with E-state index in [-0.39, 0.29) is 17.2 Å². The van der Waals surface area contributed by atoms with Gasteiger partial charge in [-0.3, -0.25) is 4.79 Å². The molecular weight excluding hydrogens is 394 g/mol. The molecule has 28 heavy (non-hydrogen) atoms. The van der Waals surface area contributed by atoms with Gasteiger partial charge in [-0.2, -0.15) is 0 Å². The number of hydrogen-bond acceptors (Lipinski definition) is 5. The highest BCUT2D eigenvalue weighted by Crippen LogP contribution is 2.31. The molecule has 3 aromatic rings. The Labute approximate surface area is 172 Å². The zero-order valence-electron chi connectivity index (χ0n) is 15.4. The predicted octanol–water partition coefficient (Wildman–Crippen LogP) is 5.06. The highest BCUT2D eigenvalue weighted by Gasteiger charge is 2.25. The van der Waals surface area contributed by atoms with Gasteiger partial charge in [0.05, 0.1) is 11.3 Å². The maximum absolute atomic E-state index is 12.7. The number of aryl methyl sites for hydroxylation is 1. The van der Waals surface area contributed by atoms with Crippen molar-refractivity contribution >= 4 is 29.3 Å². The van der Waals surface area contributed by atoms with Crippen molar-refractivity contribution < 1.29 is 9.21 Å². The molecule has 2 aromatic carbocycles. The van der Waals surface area contributed by atoms with Crippen molar-refractivity contribution in [2.75, 3.05) is 0 Å². The number of hydrogen-bond donors (Lipinski definition) is 1. The van der Waals surface area contributed by atoms with Gasteiger partial charge < -0.3 is 9.73 Å². The second kappa shape index (κ2) is 8.37. The topological polar surface area (TPSA) is 68.0 Å². The summed E-state index contributed by atoms with van der Waals surface area (Å²) in [6.45, 7) is 1.85. The summed E-state index contributed by atoms with van der Waals surface area (Å²) in [6, 6.07) is 15.6. The first-order valence-electron chi connectivity index (χ1n) is 9.24. The van der Waals surface area contributed by atoms with E-state index in [2.05, 4.69) is 33.7 Å². The van der Waals surface area contributed by atoms with Gasteiger partial charge in [0, 0.05) is 10.6 Å². The van der Waals surface area contributed by atoms with Gasteiger partial charge in [0.15, 0.2) is 0 Å². The fourth-order valence-electron chi connectivity index (χ4n) is 3.39. The Bertz CT molecular complexity index is 991. The molecule has 1 aliphatic rings. The molecule has 0 spiro atoms. The van der Waals surface area contributed by atoms with E-state index in [1.807, 2.05) is 25.1 Å². The third kappa shape index (κ3) is 4.23. The van der Waals surface area contributed by atoms with E-state index in [0.29, 0.717) is 16.1 Å². The van der Waals surface area contributed by atoms with Crippen LogP contribution in [0.2, 0.25) is 5.02 Å². The number of amides is 1. The molecule has 4 rings (SSSR count). The van der Waals surface area contributed by atoms with Crippen LogP contribution in [-0.2, 0) is 11.2 Å². The second-order valence-corrected chi connectivity index (χ2v) is 8.52. The Balaban J connectivity index is 1.40. The smallest absolute Gasteiger partial charge is 0.277 e. The molecule has 1 aromatic heterocycles. The van der Waals surface area contributed by atoms with Crippen molar-refractivity contribution in [3.8, 4) is 11.5 Å². The monoisotopic (exact) mass is 413 g/mol. The number of aromatic nitrogens is 2. The molecule has 1 aliphatic carbocycles. The molecule has 0 radical (unpaired) electrons. The molecule has 1 heterocycles. The van der Waals surface area contributed by atoms with E-state index >= 15 is 0 Å². The standard InChI is InChI=1S/C21H20ClN3O2S/c1-13(19(26)23-18-11-5-7-14-6-2-3-10-17(14)18)28-21-25-24-20(27-21)15-8-4-9-16(22)12-15/h2-4,6,8-10,12-13,18H,5,7,11H2,1H3,(H,23,26)/t13-,18+/m0/s1. The van der Waals surface area contributed by atoms with Crippen molar-refractivity contribution in [3.05, 3.63) is 64.7 Å². The average Bonchev–Trinajstić information content (AvgIpc) is 3.17. The van der Waals surface area contributed by atoms with E-state index in [0.717, 1.165) is 24.8 Å². The molecule has 1 amide bonds. The van der Waals surface area contributed by atoms with Crippen LogP contribution in [0.1, 0.15) is 36.9 Å². The summed E-state index contributed by atoms with van der Waals surface area (Å²) in [6.07, 6.45) is 3.11. The highest BCUT2D eigenvalue weighted by molar-refractivity contribution is 8.00. The van der Waals surface area contributed by atoms with E-state index in [4.69, 9.17) is 16.0 Å². The molecule has 1 N–H and O–H groups in total. The largest absolute Gasteiger partial charge is 0.411 e. The third-order valence-electron chi connectivity index (χ3n) is 4.81. The molecule has 2 atom stereocenters. The van der Waals surface area contributed by atoms with Crippen LogP contribution in [-0.4, -0.2) is 21.4 Å². The molecule has 0 aliphatic heterocycles. The summed E-state index contributed by atoms with van der Waals surface area (Å²) in [5.74, 6) is 0.355. The molecule has 5 nitrogen and oxygen atoms in total. The van der Waals surface area contributed by atoms with E-state index in [9.17, 15) is 4.79 Å². The van der Waals surface area contributed by atoms with Crippen molar-refractivity contribution in [2.45, 2.75) is 42.7 Å². The minimum absolute atomic E-state index is 0.0331. The number of benzene rings is 2. The number of rotatable bonds is 5. The Hall–Kier alpha value is -2.31. The van der Waals surface area contributed by atoms with Crippen LogP contribution < -0.4 is 5.32 Å². The lowest BCUT2D eigenvalue weighted by Crippen LogP contribution is -2.35. The first-order valence-corrected chi connectivity index (χ1v) is 10.5. The molecular formula is C21H20ClN3O2S. The normalized spacial score (nSPS) is 17.0. The zero-order valence-corrected chi connectivity index (χ0v) is 17.0. The first kappa shape index (κ1) is 19.0. The van der Waals surface area contributed by atoms with E-state index in [1.165, 1.54) is 22.9 Å². The summed E-state index contributed by atoms with van der Waals surface area (Å²) >= 11 is 7.26. The molecule has 144 valence electrons. The number of carbonyl (C=O) groups is 1. The summed E-state index contributed by atoms with van der Waals surface area (Å²) in [5.41, 5.74) is 3.30. The quantitative estimate of drug-likeness (QED) is 0.592. The Morgan fingerprint density at radius 3 is 2.96 bits per heavy atom. The second-order valence-electron chi connectivity index (χ2n) is 6.80. The van der Waals surface area contributed by atoms with Gasteiger partial charge in [-0.1, -0.05) is 53.7 Å². The Kier molecular flexibility index (Phi) is 5.69. The Morgan fingerprint density at radius 1 is 1.25 bits per heavy atom. The number of nitrogens with one attached hydrogen (secondary N) is 1. The predicted molar refractivity (Wildman–Crippen MR) is 110 cm³/mol. The zero-order chi connectivity index (χ0) is 19.5. The van der Waals surface area contributed by atoms with Crippen LogP contribution >= 0.6 is 23.4 Å². The van der Waals surface area contributed by atoms with E-state index < -0.39 is 0 Å². The van der Waals surface area contributed by atoms with Crippen LogP contribution in [0.15, 0.2) is 58.2 Å². The van der Waals surface area contributed by atoms with Crippen molar-refractivity contribution in [2.24, 2.45) is 0 Å². The maximum atomic E-state index is 12.7. The average molecular weight is 414 g/mol. The number of nitrogens with zero attached hydrogens (tertiary/aromatic N) is 2. The lowest BCUT2D eigenvalue weighted by atomic mass is 9.88. The summed E-state index contributed by atoms with van der Waals surface area (Å²) < 4.78 is 5.69. The van der Waals surface area contributed by atoms with Gasteiger partial charge in [0.2, 0.25) is 11.8 Å². The minimum atomic E-state index is -0.346. The SMILES string of the molecule is C[C@H](Sc1nnc(-c2cccc(Cl)c2)o1)C(=O)N[C@@H]1CCCc2ccccc21. The van der Waals surface area contributed by atoms with Crippen LogP contribution in [0.25, 0.3) is 11.5 Å². The first-order chi connectivity index (χ1) is 13.6. The lowest BCUT2D eigenvalue weighted by molar-refractivity contribution is -0.121. The molecule has 0 saturated heterocycles.